The second-order valence-corrected chi connectivity index (χ2v) is 14.0. The molecule has 2 heterocycles. The molecule has 49 heavy (non-hydrogen) atoms. The Hall–Kier alpha value is -5.16. The third kappa shape index (κ3) is 8.47. The Bertz CT molecular complexity index is 2030. The van der Waals surface area contributed by atoms with Crippen LogP contribution in [0.3, 0.4) is 0 Å². The maximum Gasteiger partial charge on any atom is 0.339 e. The van der Waals surface area contributed by atoms with Crippen LogP contribution < -0.4 is 8.37 Å². The van der Waals surface area contributed by atoms with Gasteiger partial charge in [-0.3, -0.25) is 9.13 Å². The van der Waals surface area contributed by atoms with E-state index in [0.29, 0.717) is 0 Å². The van der Waals surface area contributed by atoms with Crippen molar-refractivity contribution < 1.29 is 55.1 Å². The van der Waals surface area contributed by atoms with E-state index in [0.717, 1.165) is 11.1 Å². The molecule has 0 saturated heterocycles. The summed E-state index contributed by atoms with van der Waals surface area (Å²) in [5, 5.41) is 40.1. The lowest BCUT2D eigenvalue weighted by Crippen LogP contribution is -2.17. The fourth-order valence-corrected chi connectivity index (χ4v) is 6.51. The first-order valence-electron chi connectivity index (χ1n) is 14.8. The molecule has 0 aliphatic carbocycles. The lowest BCUT2D eigenvalue weighted by molar-refractivity contribution is -0.150. The van der Waals surface area contributed by atoms with Crippen LogP contribution in [-0.2, 0) is 42.8 Å². The monoisotopic (exact) mass is 714 g/mol. The van der Waals surface area contributed by atoms with Gasteiger partial charge in [-0.05, 0) is 56.3 Å². The Kier molecular flexibility index (Phi) is 10.4. The fraction of sp³-hybridized carbons (Fsp3) is 0.212. The molecular weight excluding hydrogens is 680 g/mol. The molecule has 0 unspecified atom stereocenters. The van der Waals surface area contributed by atoms with Crippen molar-refractivity contribution in [2.45, 2.75) is 43.0 Å². The van der Waals surface area contributed by atoms with Gasteiger partial charge in [0.25, 0.3) is 0 Å². The summed E-state index contributed by atoms with van der Waals surface area (Å²) in [6.45, 7) is 3.24. The minimum atomic E-state index is -4.51. The van der Waals surface area contributed by atoms with Crippen LogP contribution in [0.15, 0.2) is 101 Å². The molecule has 0 amide bonds. The van der Waals surface area contributed by atoms with Crippen LogP contribution in [0.25, 0.3) is 0 Å². The molecule has 260 valence electrons. The van der Waals surface area contributed by atoms with Gasteiger partial charge in [-0.2, -0.15) is 16.8 Å². The van der Waals surface area contributed by atoms with Gasteiger partial charge in [0.15, 0.2) is 41.3 Å². The van der Waals surface area contributed by atoms with Gasteiger partial charge < -0.3 is 38.3 Å². The number of hydrogen-bond donors (Lipinski definition) is 4. The molecule has 0 atom stereocenters. The van der Waals surface area contributed by atoms with Crippen molar-refractivity contribution in [3.63, 3.8) is 0 Å². The number of nitrogens with zero attached hydrogens (tertiary/aromatic N) is 2. The second kappa shape index (κ2) is 14.5. The van der Waals surface area contributed by atoms with Crippen molar-refractivity contribution in [2.75, 3.05) is 13.2 Å². The number of ether oxygens (including phenoxy) is 2. The van der Waals surface area contributed by atoms with Gasteiger partial charge in [0.2, 0.25) is 0 Å². The second-order valence-electron chi connectivity index (χ2n) is 10.9. The number of rotatable bonds is 15. The van der Waals surface area contributed by atoms with Gasteiger partial charge in [-0.1, -0.05) is 35.4 Å². The largest absolute Gasteiger partial charge is 0.494 e. The third-order valence-electron chi connectivity index (χ3n) is 7.30. The minimum absolute atomic E-state index is 0.0230. The molecule has 0 radical (unpaired) electrons. The maximum absolute atomic E-state index is 13.4. The standard InChI is InChI=1S/C33H34N2O12S2/c1-22-3-8-25(9-4-22)48(40,41)46-27-12-7-24(21-28(27)47-49(42,43)26-10-5-23(2)6-11-26)33(44-19-17-34-29(36)13-14-30(34)37)45-20-18-35-31(38)15-16-32(35)39/h3-16,21,33,36-39H,17-20H2,1-2H3. The Labute approximate surface area is 282 Å². The zero-order chi connectivity index (χ0) is 35.3. The lowest BCUT2D eigenvalue weighted by Gasteiger charge is -2.21. The van der Waals surface area contributed by atoms with Crippen molar-refractivity contribution in [3.8, 4) is 35.0 Å². The normalized spacial score (nSPS) is 12.0. The Morgan fingerprint density at radius 2 is 0.939 bits per heavy atom. The van der Waals surface area contributed by atoms with Gasteiger partial charge in [0.05, 0.1) is 26.3 Å². The highest BCUT2D eigenvalue weighted by atomic mass is 32.2. The van der Waals surface area contributed by atoms with E-state index < -0.39 is 38.0 Å². The highest BCUT2D eigenvalue weighted by Crippen LogP contribution is 2.36. The summed E-state index contributed by atoms with van der Waals surface area (Å²) in [5.41, 5.74) is 1.78. The number of benzene rings is 3. The highest BCUT2D eigenvalue weighted by molar-refractivity contribution is 7.87. The van der Waals surface area contributed by atoms with Crippen LogP contribution >= 0.6 is 0 Å². The quantitative estimate of drug-likeness (QED) is 0.0864. The Morgan fingerprint density at radius 3 is 1.35 bits per heavy atom. The number of aryl methyl sites for hydroxylation is 2. The molecule has 14 nitrogen and oxygen atoms in total. The summed E-state index contributed by atoms with van der Waals surface area (Å²) in [5.74, 6) is -1.80. The molecule has 3 aromatic carbocycles. The van der Waals surface area contributed by atoms with Crippen molar-refractivity contribution in [1.29, 1.82) is 0 Å². The average molecular weight is 715 g/mol. The smallest absolute Gasteiger partial charge is 0.339 e. The molecule has 0 aliphatic rings. The molecule has 0 fully saturated rings. The molecule has 5 aromatic rings. The Morgan fingerprint density at radius 1 is 0.551 bits per heavy atom. The van der Waals surface area contributed by atoms with E-state index in [1.165, 1.54) is 75.9 Å². The van der Waals surface area contributed by atoms with E-state index in [-0.39, 0.29) is 65.2 Å². The molecule has 0 saturated carbocycles. The van der Waals surface area contributed by atoms with Crippen LogP contribution in [-0.4, -0.2) is 59.6 Å². The van der Waals surface area contributed by atoms with Crippen LogP contribution in [0, 0.1) is 13.8 Å². The van der Waals surface area contributed by atoms with Gasteiger partial charge in [-0.15, -0.1) is 0 Å². The third-order valence-corrected chi connectivity index (χ3v) is 9.79. The van der Waals surface area contributed by atoms with Crippen LogP contribution in [0.1, 0.15) is 23.0 Å². The zero-order valence-corrected chi connectivity index (χ0v) is 28.0. The lowest BCUT2D eigenvalue weighted by atomic mass is 10.2. The van der Waals surface area contributed by atoms with Gasteiger partial charge >= 0.3 is 20.2 Å². The first kappa shape index (κ1) is 35.2. The van der Waals surface area contributed by atoms with Gasteiger partial charge in [0, 0.05) is 29.8 Å². The summed E-state index contributed by atoms with van der Waals surface area (Å²) in [6, 6.07) is 20.6. The van der Waals surface area contributed by atoms with E-state index in [4.69, 9.17) is 17.8 Å². The summed E-state index contributed by atoms with van der Waals surface area (Å²) < 4.78 is 78.2. The maximum atomic E-state index is 13.4. The predicted molar refractivity (Wildman–Crippen MR) is 175 cm³/mol. The average Bonchev–Trinajstić information content (AvgIpc) is 3.55. The first-order chi connectivity index (χ1) is 23.2. The van der Waals surface area contributed by atoms with Crippen molar-refractivity contribution in [1.82, 2.24) is 9.13 Å². The van der Waals surface area contributed by atoms with Crippen LogP contribution in [0.4, 0.5) is 0 Å². The SMILES string of the molecule is Cc1ccc(S(=O)(=O)Oc2ccc(C(OCCn3c(O)ccc3O)OCCn3c(O)ccc3O)cc2OS(=O)(=O)c2ccc(C)cc2)cc1. The van der Waals surface area contributed by atoms with Crippen molar-refractivity contribution >= 4 is 20.2 Å². The van der Waals surface area contributed by atoms with E-state index in [1.807, 2.05) is 0 Å². The zero-order valence-electron chi connectivity index (χ0n) is 26.3. The molecular formula is C33H34N2O12S2. The summed E-state index contributed by atoms with van der Waals surface area (Å²) in [7, 11) is -8.95. The molecule has 0 bridgehead atoms. The van der Waals surface area contributed by atoms with E-state index >= 15 is 0 Å². The van der Waals surface area contributed by atoms with Gasteiger partial charge in [-0.25, -0.2) is 0 Å². The molecule has 16 heteroatoms. The molecule has 4 N–H and O–H groups in total. The summed E-state index contributed by atoms with van der Waals surface area (Å²) >= 11 is 0. The number of hydrogen-bond acceptors (Lipinski definition) is 12. The van der Waals surface area contributed by atoms with E-state index in [1.54, 1.807) is 38.1 Å². The molecule has 2 aromatic heterocycles. The molecule has 0 aliphatic heterocycles. The highest BCUT2D eigenvalue weighted by Gasteiger charge is 2.26. The summed E-state index contributed by atoms with van der Waals surface area (Å²) in [4.78, 5) is -0.371. The van der Waals surface area contributed by atoms with Crippen molar-refractivity contribution in [2.24, 2.45) is 0 Å². The number of aromatic hydroxyl groups is 4. The minimum Gasteiger partial charge on any atom is -0.494 e. The van der Waals surface area contributed by atoms with Crippen molar-refractivity contribution in [3.05, 3.63) is 108 Å². The first-order valence-corrected chi connectivity index (χ1v) is 17.6. The molecule has 5 rings (SSSR count). The fourth-order valence-electron chi connectivity index (χ4n) is 4.64. The topological polar surface area (TPSA) is 196 Å². The molecule has 0 spiro atoms. The van der Waals surface area contributed by atoms with E-state index in [9.17, 15) is 37.3 Å². The van der Waals surface area contributed by atoms with E-state index in [2.05, 4.69) is 0 Å². The van der Waals surface area contributed by atoms with Crippen LogP contribution in [0.5, 0.6) is 35.0 Å². The number of aromatic nitrogens is 2. The predicted octanol–water partition coefficient (Wildman–Crippen LogP) is 4.70. The van der Waals surface area contributed by atoms with Gasteiger partial charge in [0.1, 0.15) is 9.79 Å². The van der Waals surface area contributed by atoms with Crippen LogP contribution in [0.2, 0.25) is 0 Å². The Balaban J connectivity index is 1.49. The summed E-state index contributed by atoms with van der Waals surface area (Å²) in [6.07, 6.45) is -1.27.